The highest BCUT2D eigenvalue weighted by Crippen LogP contribution is 2.32. The number of rotatable bonds is 3. The summed E-state index contributed by atoms with van der Waals surface area (Å²) in [5.41, 5.74) is -3.12. The van der Waals surface area contributed by atoms with Crippen LogP contribution in [0.2, 0.25) is 0 Å². The lowest BCUT2D eigenvalue weighted by atomic mass is 10.1. The Morgan fingerprint density at radius 3 is 2.50 bits per heavy atom. The molecular weight excluding hydrogens is 409 g/mol. The van der Waals surface area contributed by atoms with E-state index in [0.29, 0.717) is 12.1 Å². The number of carbonyl (C=O) groups is 2. The minimum Gasteiger partial charge on any atom is -0.502 e. The Hall–Kier alpha value is -3.54. The largest absolute Gasteiger partial charge is 0.502 e. The van der Waals surface area contributed by atoms with E-state index in [1.165, 1.54) is 17.0 Å². The lowest BCUT2D eigenvalue weighted by molar-refractivity contribution is 0.0735. The van der Waals surface area contributed by atoms with E-state index in [1.54, 1.807) is 0 Å². The average Bonchev–Trinajstić information content (AvgIpc) is 2.96. The van der Waals surface area contributed by atoms with E-state index in [-0.39, 0.29) is 18.9 Å². The van der Waals surface area contributed by atoms with Crippen LogP contribution < -0.4 is 15.8 Å². The van der Waals surface area contributed by atoms with Crippen LogP contribution in [0.4, 0.5) is 13.2 Å². The molecule has 0 fully saturated rings. The van der Waals surface area contributed by atoms with Crippen molar-refractivity contribution >= 4 is 11.8 Å². The third-order valence-electron chi connectivity index (χ3n) is 5.03. The number of benzene rings is 1. The second-order valence-electron chi connectivity index (χ2n) is 6.98. The van der Waals surface area contributed by atoms with Crippen molar-refractivity contribution in [3.05, 3.63) is 62.3 Å². The molecule has 0 bridgehead atoms. The van der Waals surface area contributed by atoms with Crippen LogP contribution in [0.15, 0.2) is 16.9 Å². The molecule has 30 heavy (non-hydrogen) atoms. The SMILES string of the molecule is CN1CN2C[C@H](O)c3c(C(=O)NCc4c(F)cc(F)cc4F)c(=O)c(O)c(n32)C1=O. The molecule has 3 N–H and O–H groups in total. The van der Waals surface area contributed by atoms with Gasteiger partial charge >= 0.3 is 0 Å². The molecule has 1 aromatic heterocycles. The molecule has 3 heterocycles. The maximum atomic E-state index is 13.8. The zero-order valence-corrected chi connectivity index (χ0v) is 15.4. The monoisotopic (exact) mass is 424 g/mol. The molecule has 1 aromatic carbocycles. The Bertz CT molecular complexity index is 1140. The van der Waals surface area contributed by atoms with Gasteiger partial charge in [0, 0.05) is 31.3 Å². The molecular formula is C18H15F3N4O5. The van der Waals surface area contributed by atoms with Gasteiger partial charge in [0.2, 0.25) is 5.43 Å². The van der Waals surface area contributed by atoms with Crippen LogP contribution in [0.1, 0.15) is 38.2 Å². The molecule has 4 rings (SSSR count). The molecule has 0 saturated heterocycles. The van der Waals surface area contributed by atoms with Crippen LogP contribution in [0.3, 0.4) is 0 Å². The predicted molar refractivity (Wildman–Crippen MR) is 94.9 cm³/mol. The maximum absolute atomic E-state index is 13.8. The fourth-order valence-electron chi connectivity index (χ4n) is 3.66. The van der Waals surface area contributed by atoms with Crippen molar-refractivity contribution in [3.8, 4) is 5.75 Å². The molecule has 158 valence electrons. The quantitative estimate of drug-likeness (QED) is 0.636. The first-order chi connectivity index (χ1) is 14.1. The predicted octanol–water partition coefficient (Wildman–Crippen LogP) is -0.0707. The minimum atomic E-state index is -1.34. The van der Waals surface area contributed by atoms with Crippen molar-refractivity contribution in [2.24, 2.45) is 0 Å². The van der Waals surface area contributed by atoms with Crippen LogP contribution >= 0.6 is 0 Å². The van der Waals surface area contributed by atoms with Crippen LogP contribution in [0.25, 0.3) is 0 Å². The summed E-state index contributed by atoms with van der Waals surface area (Å²) < 4.78 is 41.7. The topological polar surface area (TPSA) is 115 Å². The number of hydrogen-bond acceptors (Lipinski definition) is 6. The average molecular weight is 424 g/mol. The number of hydrogen-bond donors (Lipinski definition) is 3. The van der Waals surface area contributed by atoms with Crippen molar-refractivity contribution < 1.29 is 33.0 Å². The number of halogens is 3. The summed E-state index contributed by atoms with van der Waals surface area (Å²) in [6.45, 7) is -0.750. The fraction of sp³-hybridized carbons (Fsp3) is 0.278. The Morgan fingerprint density at radius 1 is 1.23 bits per heavy atom. The van der Waals surface area contributed by atoms with Gasteiger partial charge in [-0.1, -0.05) is 0 Å². The van der Waals surface area contributed by atoms with Crippen molar-refractivity contribution in [2.75, 3.05) is 25.3 Å². The first-order valence-electron chi connectivity index (χ1n) is 8.74. The van der Waals surface area contributed by atoms with E-state index < -0.39 is 69.9 Å². The highest BCUT2D eigenvalue weighted by atomic mass is 19.1. The Balaban J connectivity index is 1.76. The number of pyridine rings is 1. The number of aromatic hydroxyl groups is 1. The second-order valence-corrected chi connectivity index (χ2v) is 6.98. The van der Waals surface area contributed by atoms with Crippen LogP contribution in [-0.2, 0) is 6.54 Å². The van der Waals surface area contributed by atoms with Gasteiger partial charge < -0.3 is 20.4 Å². The second kappa shape index (κ2) is 6.76. The molecule has 0 saturated carbocycles. The third kappa shape index (κ3) is 2.79. The highest BCUT2D eigenvalue weighted by Gasteiger charge is 2.42. The molecule has 0 aliphatic carbocycles. The van der Waals surface area contributed by atoms with E-state index >= 15 is 0 Å². The summed E-state index contributed by atoms with van der Waals surface area (Å²) >= 11 is 0. The van der Waals surface area contributed by atoms with Gasteiger partial charge in [-0.3, -0.25) is 19.4 Å². The van der Waals surface area contributed by atoms with Crippen molar-refractivity contribution in [2.45, 2.75) is 12.6 Å². The van der Waals surface area contributed by atoms with E-state index in [9.17, 15) is 37.8 Å². The maximum Gasteiger partial charge on any atom is 0.277 e. The molecule has 12 heteroatoms. The smallest absolute Gasteiger partial charge is 0.277 e. The van der Waals surface area contributed by atoms with Gasteiger partial charge in [-0.2, -0.15) is 0 Å². The summed E-state index contributed by atoms with van der Waals surface area (Å²) in [7, 11) is 1.44. The van der Waals surface area contributed by atoms with Crippen LogP contribution in [0, 0.1) is 17.5 Å². The van der Waals surface area contributed by atoms with Gasteiger partial charge in [0.15, 0.2) is 11.4 Å². The highest BCUT2D eigenvalue weighted by molar-refractivity contribution is 6.00. The number of nitrogens with zero attached hydrogens (tertiary/aromatic N) is 3. The third-order valence-corrected chi connectivity index (χ3v) is 5.03. The van der Waals surface area contributed by atoms with E-state index in [2.05, 4.69) is 5.32 Å². The number of aliphatic hydroxyl groups excluding tert-OH is 1. The van der Waals surface area contributed by atoms with Gasteiger partial charge in [-0.15, -0.1) is 0 Å². The summed E-state index contributed by atoms with van der Waals surface area (Å²) in [5.74, 6) is -6.40. The van der Waals surface area contributed by atoms with Gasteiger partial charge in [-0.25, -0.2) is 17.8 Å². The molecule has 0 spiro atoms. The summed E-state index contributed by atoms with van der Waals surface area (Å²) in [6.07, 6.45) is -1.34. The molecule has 2 amide bonds. The Labute approximate surface area is 166 Å². The Kier molecular flexibility index (Phi) is 4.45. The fourth-order valence-corrected chi connectivity index (χ4v) is 3.66. The van der Waals surface area contributed by atoms with Crippen LogP contribution in [-0.4, -0.2) is 51.9 Å². The van der Waals surface area contributed by atoms with E-state index in [4.69, 9.17) is 0 Å². The lowest BCUT2D eigenvalue weighted by Gasteiger charge is -2.35. The zero-order chi connectivity index (χ0) is 21.9. The molecule has 2 aliphatic rings. The summed E-state index contributed by atoms with van der Waals surface area (Å²) in [6, 6.07) is 0.876. The molecule has 9 nitrogen and oxygen atoms in total. The molecule has 1 atom stereocenters. The lowest BCUT2D eigenvalue weighted by Crippen LogP contribution is -2.51. The standard InChI is InChI=1S/C18H15F3N4O5/c1-23-6-24-5-11(26)13-12(15(27)16(28)14(18(23)30)25(13)24)17(29)22-4-8-9(20)2-7(19)3-10(8)21/h2-3,11,26,28H,4-6H2,1H3,(H,22,29)/t11-/m0/s1. The van der Waals surface area contributed by atoms with Gasteiger partial charge in [0.25, 0.3) is 11.8 Å². The first-order valence-corrected chi connectivity index (χ1v) is 8.74. The number of carbonyl (C=O) groups excluding carboxylic acids is 2. The van der Waals surface area contributed by atoms with Crippen LogP contribution in [0.5, 0.6) is 5.75 Å². The molecule has 2 aromatic rings. The number of amides is 2. The molecule has 0 radical (unpaired) electrons. The normalized spacial score (nSPS) is 17.4. The number of aliphatic hydroxyl groups is 1. The van der Waals surface area contributed by atoms with Crippen molar-refractivity contribution in [1.82, 2.24) is 14.9 Å². The summed E-state index contributed by atoms with van der Waals surface area (Å²) in [4.78, 5) is 38.9. The van der Waals surface area contributed by atoms with Gasteiger partial charge in [0.1, 0.15) is 35.8 Å². The first kappa shape index (κ1) is 19.8. The summed E-state index contributed by atoms with van der Waals surface area (Å²) in [5, 5.41) is 24.3. The van der Waals surface area contributed by atoms with Crippen molar-refractivity contribution in [1.29, 1.82) is 0 Å². The van der Waals surface area contributed by atoms with E-state index in [0.717, 1.165) is 4.68 Å². The van der Waals surface area contributed by atoms with E-state index in [1.807, 2.05) is 0 Å². The number of nitrogens with one attached hydrogen (secondary N) is 1. The minimum absolute atomic E-state index is 0.0330. The van der Waals surface area contributed by atoms with Crippen molar-refractivity contribution in [3.63, 3.8) is 0 Å². The molecule has 2 aliphatic heterocycles. The van der Waals surface area contributed by atoms with Gasteiger partial charge in [0.05, 0.1) is 12.2 Å². The van der Waals surface area contributed by atoms with Gasteiger partial charge in [-0.05, 0) is 0 Å². The Morgan fingerprint density at radius 2 is 1.87 bits per heavy atom. The number of aromatic nitrogens is 1. The molecule has 0 unspecified atom stereocenters. The zero-order valence-electron chi connectivity index (χ0n) is 15.4.